The van der Waals surface area contributed by atoms with E-state index in [1.165, 1.54) is 32.1 Å². The summed E-state index contributed by atoms with van der Waals surface area (Å²) in [5, 5.41) is 6.11. The van der Waals surface area contributed by atoms with E-state index < -0.39 is 0 Å². The Labute approximate surface area is 119 Å². The summed E-state index contributed by atoms with van der Waals surface area (Å²) in [5.41, 5.74) is 0.871. The molecule has 1 aromatic heterocycles. The molecule has 1 aliphatic rings. The van der Waals surface area contributed by atoms with Gasteiger partial charge < -0.3 is 5.32 Å². The van der Waals surface area contributed by atoms with E-state index in [1.807, 2.05) is 12.3 Å². The molecule has 0 aromatic carbocycles. The molecule has 0 unspecified atom stereocenters. The van der Waals surface area contributed by atoms with E-state index in [1.54, 1.807) is 23.5 Å². The molecule has 1 saturated carbocycles. The van der Waals surface area contributed by atoms with Gasteiger partial charge in [0.15, 0.2) is 0 Å². The number of rotatable bonds is 3. The molecule has 1 fully saturated rings. The Hall–Kier alpha value is -1.16. The summed E-state index contributed by atoms with van der Waals surface area (Å²) in [6.07, 6.45) is 12.1. The predicted molar refractivity (Wildman–Crippen MR) is 80.1 cm³/mol. The third-order valence-electron chi connectivity index (χ3n) is 3.49. The van der Waals surface area contributed by atoms with Crippen molar-refractivity contribution >= 4 is 23.3 Å². The van der Waals surface area contributed by atoms with Crippen molar-refractivity contribution in [3.63, 3.8) is 0 Å². The van der Waals surface area contributed by atoms with E-state index in [-0.39, 0.29) is 5.91 Å². The Bertz CT molecular complexity index is 431. The average molecular weight is 278 g/mol. The van der Waals surface area contributed by atoms with Gasteiger partial charge in [0.1, 0.15) is 0 Å². The summed E-state index contributed by atoms with van der Waals surface area (Å²) in [5.74, 6) is 0.0104. The summed E-state index contributed by atoms with van der Waals surface area (Å²) in [6.45, 7) is 1.97. The molecule has 3 nitrogen and oxygen atoms in total. The molecule has 1 amide bonds. The van der Waals surface area contributed by atoms with Crippen molar-refractivity contribution in [2.24, 2.45) is 0 Å². The zero-order valence-electron chi connectivity index (χ0n) is 11.5. The zero-order chi connectivity index (χ0) is 13.5. The lowest BCUT2D eigenvalue weighted by Crippen LogP contribution is -2.34. The van der Waals surface area contributed by atoms with Crippen molar-refractivity contribution in [3.8, 4) is 0 Å². The molecule has 0 radical (unpaired) electrons. The minimum atomic E-state index is 0.0104. The molecule has 1 heterocycles. The van der Waals surface area contributed by atoms with Crippen LogP contribution in [0.15, 0.2) is 11.5 Å². The number of carbonyl (C=O) groups is 1. The number of nitrogens with zero attached hydrogens (tertiary/aromatic N) is 1. The Kier molecular flexibility index (Phi) is 5.58. The summed E-state index contributed by atoms with van der Waals surface area (Å²) in [4.78, 5) is 16.2. The summed E-state index contributed by atoms with van der Waals surface area (Å²) in [7, 11) is 0. The van der Waals surface area contributed by atoms with Gasteiger partial charge in [-0.25, -0.2) is 4.98 Å². The lowest BCUT2D eigenvalue weighted by Gasteiger charge is -2.20. The van der Waals surface area contributed by atoms with Gasteiger partial charge in [0.2, 0.25) is 5.91 Å². The van der Waals surface area contributed by atoms with Crippen LogP contribution in [0.25, 0.3) is 6.08 Å². The minimum Gasteiger partial charge on any atom is -0.350 e. The maximum absolute atomic E-state index is 11.9. The van der Waals surface area contributed by atoms with Crippen LogP contribution in [0.1, 0.15) is 55.6 Å². The summed E-state index contributed by atoms with van der Waals surface area (Å²) >= 11 is 1.60. The third-order valence-corrected chi connectivity index (χ3v) is 4.29. The zero-order valence-corrected chi connectivity index (χ0v) is 12.3. The van der Waals surface area contributed by atoms with Crippen molar-refractivity contribution in [3.05, 3.63) is 22.2 Å². The van der Waals surface area contributed by atoms with E-state index >= 15 is 0 Å². The first-order chi connectivity index (χ1) is 9.24. The predicted octanol–water partition coefficient (Wildman–Crippen LogP) is 3.69. The second-order valence-corrected chi connectivity index (χ2v) is 6.24. The SMILES string of the molecule is Cc1nc(/C=C/C(=O)NC2CCCCCCC2)cs1. The topological polar surface area (TPSA) is 42.0 Å². The highest BCUT2D eigenvalue weighted by molar-refractivity contribution is 7.09. The van der Waals surface area contributed by atoms with E-state index in [9.17, 15) is 4.79 Å². The Morgan fingerprint density at radius 3 is 2.63 bits per heavy atom. The van der Waals surface area contributed by atoms with E-state index in [2.05, 4.69) is 10.3 Å². The molecule has 0 bridgehead atoms. The van der Waals surface area contributed by atoms with Gasteiger partial charge in [0.05, 0.1) is 10.7 Å². The monoisotopic (exact) mass is 278 g/mol. The number of aryl methyl sites for hydroxylation is 1. The quantitative estimate of drug-likeness (QED) is 0.857. The van der Waals surface area contributed by atoms with Gasteiger partial charge in [0, 0.05) is 17.5 Å². The standard InChI is InChI=1S/C15H22N2OS/c1-12-16-14(11-19-12)9-10-15(18)17-13-7-5-3-2-4-6-8-13/h9-11,13H,2-8H2,1H3,(H,17,18)/b10-9+. The van der Waals surface area contributed by atoms with Crippen LogP contribution >= 0.6 is 11.3 Å². The highest BCUT2D eigenvalue weighted by atomic mass is 32.1. The van der Waals surface area contributed by atoms with Gasteiger partial charge in [-0.15, -0.1) is 11.3 Å². The fraction of sp³-hybridized carbons (Fsp3) is 0.600. The first-order valence-electron chi connectivity index (χ1n) is 7.15. The maximum Gasteiger partial charge on any atom is 0.244 e. The smallest absolute Gasteiger partial charge is 0.244 e. The van der Waals surface area contributed by atoms with Gasteiger partial charge in [0.25, 0.3) is 0 Å². The van der Waals surface area contributed by atoms with Crippen LogP contribution in [0.4, 0.5) is 0 Å². The molecule has 0 spiro atoms. The molecule has 0 aliphatic heterocycles. The fourth-order valence-corrected chi connectivity index (χ4v) is 3.05. The van der Waals surface area contributed by atoms with Crippen molar-refractivity contribution in [1.29, 1.82) is 0 Å². The number of nitrogens with one attached hydrogen (secondary N) is 1. The first kappa shape index (κ1) is 14.3. The van der Waals surface area contributed by atoms with Crippen LogP contribution in [0.5, 0.6) is 0 Å². The average Bonchev–Trinajstić information content (AvgIpc) is 2.76. The van der Waals surface area contributed by atoms with E-state index in [4.69, 9.17) is 0 Å². The molecule has 0 atom stereocenters. The van der Waals surface area contributed by atoms with Crippen LogP contribution in [-0.2, 0) is 4.79 Å². The molecule has 0 saturated heterocycles. The lowest BCUT2D eigenvalue weighted by atomic mass is 9.97. The van der Waals surface area contributed by atoms with Crippen molar-refractivity contribution in [2.75, 3.05) is 0 Å². The maximum atomic E-state index is 11.9. The molecule has 1 N–H and O–H groups in total. The molecule has 4 heteroatoms. The normalized spacial score (nSPS) is 18.2. The van der Waals surface area contributed by atoms with Crippen LogP contribution in [-0.4, -0.2) is 16.9 Å². The van der Waals surface area contributed by atoms with E-state index in [0.29, 0.717) is 6.04 Å². The number of carbonyl (C=O) groups excluding carboxylic acids is 1. The van der Waals surface area contributed by atoms with Crippen molar-refractivity contribution in [1.82, 2.24) is 10.3 Å². The van der Waals surface area contributed by atoms with Crippen LogP contribution in [0.3, 0.4) is 0 Å². The Balaban J connectivity index is 1.80. The summed E-state index contributed by atoms with van der Waals surface area (Å²) < 4.78 is 0. The van der Waals surface area contributed by atoms with Crippen molar-refractivity contribution in [2.45, 2.75) is 57.9 Å². The van der Waals surface area contributed by atoms with Gasteiger partial charge >= 0.3 is 0 Å². The van der Waals surface area contributed by atoms with Crippen LogP contribution in [0.2, 0.25) is 0 Å². The minimum absolute atomic E-state index is 0.0104. The number of hydrogen-bond donors (Lipinski definition) is 1. The van der Waals surface area contributed by atoms with Gasteiger partial charge in [-0.3, -0.25) is 4.79 Å². The highest BCUT2D eigenvalue weighted by Crippen LogP contribution is 2.17. The molecule has 19 heavy (non-hydrogen) atoms. The van der Waals surface area contributed by atoms with Gasteiger partial charge in [-0.05, 0) is 25.8 Å². The van der Waals surface area contributed by atoms with Gasteiger partial charge in [-0.2, -0.15) is 0 Å². The Morgan fingerprint density at radius 1 is 1.32 bits per heavy atom. The Morgan fingerprint density at radius 2 is 2.00 bits per heavy atom. The van der Waals surface area contributed by atoms with Crippen LogP contribution in [0, 0.1) is 6.92 Å². The first-order valence-corrected chi connectivity index (χ1v) is 8.03. The molecule has 104 valence electrons. The van der Waals surface area contributed by atoms with Crippen LogP contribution < -0.4 is 5.32 Å². The number of aromatic nitrogens is 1. The number of hydrogen-bond acceptors (Lipinski definition) is 3. The molecule has 1 aromatic rings. The highest BCUT2D eigenvalue weighted by Gasteiger charge is 2.12. The summed E-state index contributed by atoms with van der Waals surface area (Å²) in [6, 6.07) is 0.356. The largest absolute Gasteiger partial charge is 0.350 e. The van der Waals surface area contributed by atoms with E-state index in [0.717, 1.165) is 23.5 Å². The molecule has 1 aliphatic carbocycles. The lowest BCUT2D eigenvalue weighted by molar-refractivity contribution is -0.117. The third kappa shape index (κ3) is 5.15. The van der Waals surface area contributed by atoms with Crippen molar-refractivity contribution < 1.29 is 4.79 Å². The molecular weight excluding hydrogens is 256 g/mol. The van der Waals surface area contributed by atoms with Gasteiger partial charge in [-0.1, -0.05) is 32.1 Å². The number of thiazole rings is 1. The second-order valence-electron chi connectivity index (χ2n) is 5.18. The number of amides is 1. The second kappa shape index (κ2) is 7.43. The molecular formula is C15H22N2OS. The molecule has 2 rings (SSSR count). The fourth-order valence-electron chi connectivity index (χ4n) is 2.47.